The largest absolute Gasteiger partial charge is 0.435 e. The molecule has 2 aromatic carbocycles. The second-order valence-electron chi connectivity index (χ2n) is 7.59. The van der Waals surface area contributed by atoms with Gasteiger partial charge in [-0.15, -0.1) is 0 Å². The highest BCUT2D eigenvalue weighted by molar-refractivity contribution is 5.95. The topological polar surface area (TPSA) is 67.4 Å². The van der Waals surface area contributed by atoms with Crippen LogP contribution in [0.15, 0.2) is 53.2 Å². The van der Waals surface area contributed by atoms with Crippen LogP contribution in [-0.4, -0.2) is 38.6 Å². The molecule has 150 valence electrons. The maximum atomic E-state index is 14.1. The molecular weight excluding hydrogens is 385 g/mol. The lowest BCUT2D eigenvalue weighted by molar-refractivity contribution is 0.214. The number of imidazole rings is 1. The van der Waals surface area contributed by atoms with Crippen molar-refractivity contribution in [2.75, 3.05) is 18.0 Å². The van der Waals surface area contributed by atoms with Gasteiger partial charge in [0.1, 0.15) is 23.4 Å². The molecule has 0 unspecified atom stereocenters. The van der Waals surface area contributed by atoms with Crippen LogP contribution in [0.25, 0.3) is 28.4 Å². The third kappa shape index (κ3) is 2.53. The summed E-state index contributed by atoms with van der Waals surface area (Å²) >= 11 is 0. The zero-order chi connectivity index (χ0) is 20.2. The van der Waals surface area contributed by atoms with Gasteiger partial charge in [0, 0.05) is 13.1 Å². The molecule has 0 spiro atoms. The van der Waals surface area contributed by atoms with E-state index in [1.54, 1.807) is 17.3 Å². The molecule has 8 heteroatoms. The number of hydrogen-bond acceptors (Lipinski definition) is 4. The molecular formula is C22H18FN5O2. The van der Waals surface area contributed by atoms with Gasteiger partial charge in [-0.1, -0.05) is 12.1 Å². The zero-order valence-electron chi connectivity index (χ0n) is 16.1. The van der Waals surface area contributed by atoms with Gasteiger partial charge in [-0.05, 0) is 43.2 Å². The van der Waals surface area contributed by atoms with Crippen LogP contribution in [0.4, 0.5) is 14.9 Å². The van der Waals surface area contributed by atoms with Gasteiger partial charge < -0.3 is 9.32 Å². The smallest absolute Gasteiger partial charge is 0.324 e. The molecule has 0 atom stereocenters. The third-order valence-corrected chi connectivity index (χ3v) is 5.77. The van der Waals surface area contributed by atoms with E-state index in [1.807, 2.05) is 33.7 Å². The summed E-state index contributed by atoms with van der Waals surface area (Å²) in [5, 5.41) is 0. The fourth-order valence-electron chi connectivity index (χ4n) is 4.29. The number of likely N-dealkylation sites (tertiary alicyclic amines) is 1. The van der Waals surface area contributed by atoms with E-state index < -0.39 is 0 Å². The highest BCUT2D eigenvalue weighted by atomic mass is 19.1. The quantitative estimate of drug-likeness (QED) is 0.474. The number of para-hydroxylation sites is 2. The van der Waals surface area contributed by atoms with E-state index in [0.717, 1.165) is 37.1 Å². The SMILES string of the molecule is O=C(N1CCCC1)N1Cc2c(-c3nc4ccccc4o3)ncn2-c2ccc(F)cc21. The Hall–Kier alpha value is -3.68. The molecule has 0 aliphatic carbocycles. The van der Waals surface area contributed by atoms with Crippen LogP contribution in [0.2, 0.25) is 0 Å². The number of amides is 2. The van der Waals surface area contributed by atoms with Gasteiger partial charge in [0.2, 0.25) is 5.89 Å². The molecule has 6 rings (SSSR count). The fourth-order valence-corrected chi connectivity index (χ4v) is 4.29. The van der Waals surface area contributed by atoms with Gasteiger partial charge in [0.15, 0.2) is 5.58 Å². The number of rotatable bonds is 1. The van der Waals surface area contributed by atoms with Gasteiger partial charge in [0.05, 0.1) is 23.6 Å². The van der Waals surface area contributed by atoms with E-state index in [2.05, 4.69) is 9.97 Å². The molecule has 4 heterocycles. The summed E-state index contributed by atoms with van der Waals surface area (Å²) < 4.78 is 21.9. The van der Waals surface area contributed by atoms with E-state index in [9.17, 15) is 9.18 Å². The van der Waals surface area contributed by atoms with Crippen molar-refractivity contribution < 1.29 is 13.6 Å². The predicted octanol–water partition coefficient (Wildman–Crippen LogP) is 4.36. The normalized spacial score (nSPS) is 15.5. The Bertz CT molecular complexity index is 1250. The van der Waals surface area contributed by atoms with Crippen LogP contribution >= 0.6 is 0 Å². The summed E-state index contributed by atoms with van der Waals surface area (Å²) in [6, 6.07) is 11.9. The number of oxazole rings is 1. The molecule has 2 amide bonds. The van der Waals surface area contributed by atoms with Gasteiger partial charge in [-0.3, -0.25) is 9.47 Å². The van der Waals surface area contributed by atoms with Crippen molar-refractivity contribution in [3.63, 3.8) is 0 Å². The molecule has 0 N–H and O–H groups in total. The number of aromatic nitrogens is 3. The Labute approximate surface area is 171 Å². The van der Waals surface area contributed by atoms with Crippen molar-refractivity contribution in [1.82, 2.24) is 19.4 Å². The second-order valence-corrected chi connectivity index (χ2v) is 7.59. The Morgan fingerprint density at radius 2 is 1.90 bits per heavy atom. The summed E-state index contributed by atoms with van der Waals surface area (Å²) in [6.07, 6.45) is 3.65. The van der Waals surface area contributed by atoms with Crippen LogP contribution in [0.5, 0.6) is 0 Å². The highest BCUT2D eigenvalue weighted by Crippen LogP contribution is 2.37. The number of carbonyl (C=O) groups is 1. The molecule has 1 saturated heterocycles. The number of benzene rings is 2. The minimum atomic E-state index is -0.379. The average molecular weight is 403 g/mol. The van der Waals surface area contributed by atoms with E-state index in [0.29, 0.717) is 28.5 Å². The van der Waals surface area contributed by atoms with Crippen LogP contribution in [0.1, 0.15) is 18.5 Å². The predicted molar refractivity (Wildman–Crippen MR) is 109 cm³/mol. The molecule has 0 saturated carbocycles. The lowest BCUT2D eigenvalue weighted by Crippen LogP contribution is -2.43. The minimum absolute atomic E-state index is 0.115. The first-order chi connectivity index (χ1) is 14.7. The average Bonchev–Trinajstić information content (AvgIpc) is 3.51. The standard InChI is InChI=1S/C22H18FN5O2/c23-14-7-8-16-17(11-14)27(22(29)26-9-3-4-10-26)12-18-20(24-13-28(16)18)21-25-15-5-1-2-6-19(15)30-21/h1-2,5-8,11,13H,3-4,9-10,12H2. The molecule has 4 aromatic rings. The first-order valence-corrected chi connectivity index (χ1v) is 9.97. The van der Waals surface area contributed by atoms with E-state index in [4.69, 9.17) is 4.42 Å². The first kappa shape index (κ1) is 17.2. The van der Waals surface area contributed by atoms with Crippen LogP contribution in [-0.2, 0) is 6.54 Å². The molecule has 1 fully saturated rings. The minimum Gasteiger partial charge on any atom is -0.435 e. The molecule has 2 aliphatic rings. The molecule has 30 heavy (non-hydrogen) atoms. The summed E-state index contributed by atoms with van der Waals surface area (Å²) in [7, 11) is 0. The van der Waals surface area contributed by atoms with Crippen molar-refractivity contribution in [3.05, 3.63) is 60.3 Å². The van der Waals surface area contributed by atoms with Crippen molar-refractivity contribution in [2.24, 2.45) is 0 Å². The zero-order valence-corrected chi connectivity index (χ0v) is 16.1. The number of urea groups is 1. The Balaban J connectivity index is 1.49. The van der Waals surface area contributed by atoms with Crippen molar-refractivity contribution in [2.45, 2.75) is 19.4 Å². The number of nitrogens with zero attached hydrogens (tertiary/aromatic N) is 5. The lowest BCUT2D eigenvalue weighted by atomic mass is 10.1. The van der Waals surface area contributed by atoms with Crippen molar-refractivity contribution in [3.8, 4) is 17.3 Å². The van der Waals surface area contributed by atoms with Crippen LogP contribution in [0.3, 0.4) is 0 Å². The maximum absolute atomic E-state index is 14.1. The highest BCUT2D eigenvalue weighted by Gasteiger charge is 2.34. The summed E-state index contributed by atoms with van der Waals surface area (Å²) in [5.74, 6) is 0.0276. The Morgan fingerprint density at radius 1 is 1.07 bits per heavy atom. The molecule has 0 bridgehead atoms. The monoisotopic (exact) mass is 403 g/mol. The van der Waals surface area contributed by atoms with Crippen molar-refractivity contribution in [1.29, 1.82) is 0 Å². The fraction of sp³-hybridized carbons (Fsp3) is 0.227. The number of halogens is 1. The first-order valence-electron chi connectivity index (χ1n) is 9.97. The molecule has 7 nitrogen and oxygen atoms in total. The molecule has 0 radical (unpaired) electrons. The number of carbonyl (C=O) groups excluding carboxylic acids is 1. The summed E-state index contributed by atoms with van der Waals surface area (Å²) in [4.78, 5) is 25.8. The number of hydrogen-bond donors (Lipinski definition) is 0. The van der Waals surface area contributed by atoms with E-state index in [1.165, 1.54) is 12.1 Å². The van der Waals surface area contributed by atoms with Crippen molar-refractivity contribution >= 4 is 22.8 Å². The van der Waals surface area contributed by atoms with Gasteiger partial charge >= 0.3 is 6.03 Å². The maximum Gasteiger partial charge on any atom is 0.324 e. The third-order valence-electron chi connectivity index (χ3n) is 5.77. The van der Waals surface area contributed by atoms with Crippen LogP contribution < -0.4 is 4.90 Å². The lowest BCUT2D eigenvalue weighted by Gasteiger charge is -2.33. The van der Waals surface area contributed by atoms with Gasteiger partial charge in [-0.25, -0.2) is 19.2 Å². The second kappa shape index (κ2) is 6.41. The van der Waals surface area contributed by atoms with E-state index >= 15 is 0 Å². The van der Waals surface area contributed by atoms with E-state index in [-0.39, 0.29) is 18.4 Å². The number of fused-ring (bicyclic) bond motifs is 4. The molecule has 2 aromatic heterocycles. The summed E-state index contributed by atoms with van der Waals surface area (Å²) in [6.45, 7) is 1.70. The van der Waals surface area contributed by atoms with Gasteiger partial charge in [0.25, 0.3) is 0 Å². The Kier molecular flexibility index (Phi) is 3.68. The number of anilines is 1. The van der Waals surface area contributed by atoms with Gasteiger partial charge in [-0.2, -0.15) is 0 Å². The Morgan fingerprint density at radius 3 is 2.73 bits per heavy atom. The molecule has 2 aliphatic heterocycles. The van der Waals surface area contributed by atoms with Crippen LogP contribution in [0, 0.1) is 5.82 Å². The summed E-state index contributed by atoms with van der Waals surface area (Å²) in [5.41, 5.74) is 4.05.